The maximum atomic E-state index is 14.0. The lowest BCUT2D eigenvalue weighted by atomic mass is 9.92. The van der Waals surface area contributed by atoms with Crippen molar-refractivity contribution in [2.75, 3.05) is 41.0 Å². The van der Waals surface area contributed by atoms with Crippen LogP contribution in [0, 0.1) is 23.7 Å². The molecule has 1 fully saturated rings. The zero-order valence-electron chi connectivity index (χ0n) is 37.4. The molecule has 0 saturated carbocycles. The third-order valence-electron chi connectivity index (χ3n) is 12.5. The molecule has 0 aliphatic carbocycles. The second-order valence-electron chi connectivity index (χ2n) is 17.4. The van der Waals surface area contributed by atoms with E-state index in [1.807, 2.05) is 44.9 Å². The van der Waals surface area contributed by atoms with Gasteiger partial charge in [-0.3, -0.25) is 9.59 Å². The molecule has 1 saturated heterocycles. The van der Waals surface area contributed by atoms with Crippen LogP contribution in [0.2, 0.25) is 0 Å². The molecule has 16 heteroatoms. The number of carbonyl (C=O) groups is 4. The summed E-state index contributed by atoms with van der Waals surface area (Å²) >= 11 is 0. The van der Waals surface area contributed by atoms with Crippen molar-refractivity contribution in [2.24, 2.45) is 23.7 Å². The van der Waals surface area contributed by atoms with Crippen molar-refractivity contribution >= 4 is 45.8 Å². The topological polar surface area (TPSA) is 202 Å². The fourth-order valence-electron chi connectivity index (χ4n) is 8.69. The maximum Gasteiger partial charge on any atom is 0.407 e. The van der Waals surface area contributed by atoms with Crippen LogP contribution in [0.15, 0.2) is 48.7 Å². The monoisotopic (exact) mass is 864 g/mol. The van der Waals surface area contributed by atoms with Gasteiger partial charge in [-0.1, -0.05) is 59.2 Å². The number of fused-ring (bicyclic) bond motifs is 6. The molecule has 63 heavy (non-hydrogen) atoms. The Bertz CT molecular complexity index is 2460. The van der Waals surface area contributed by atoms with E-state index in [9.17, 15) is 19.2 Å². The summed E-state index contributed by atoms with van der Waals surface area (Å²) in [6, 6.07) is 12.9. The van der Waals surface area contributed by atoms with Crippen LogP contribution in [0.5, 0.6) is 5.75 Å². The van der Waals surface area contributed by atoms with E-state index in [-0.39, 0.29) is 41.5 Å². The van der Waals surface area contributed by atoms with Gasteiger partial charge in [0.05, 0.1) is 49.8 Å². The molecule has 6 unspecified atom stereocenters. The van der Waals surface area contributed by atoms with E-state index >= 15 is 0 Å². The van der Waals surface area contributed by atoms with Crippen molar-refractivity contribution < 1.29 is 38.1 Å². The van der Waals surface area contributed by atoms with Crippen molar-refractivity contribution in [1.29, 1.82) is 0 Å². The van der Waals surface area contributed by atoms with Crippen molar-refractivity contribution in [1.82, 2.24) is 40.8 Å². The molecule has 0 bridgehead atoms. The largest absolute Gasteiger partial charge is 0.488 e. The molecule has 2 aliphatic heterocycles. The van der Waals surface area contributed by atoms with E-state index in [4.69, 9.17) is 23.9 Å². The molecule has 0 spiro atoms. The Kier molecular flexibility index (Phi) is 13.9. The average molecular weight is 865 g/mol. The molecule has 6 atom stereocenters. The van der Waals surface area contributed by atoms with Gasteiger partial charge >= 0.3 is 12.2 Å². The van der Waals surface area contributed by atoms with E-state index < -0.39 is 24.3 Å². The number of benzene rings is 3. The smallest absolute Gasteiger partial charge is 0.407 e. The normalized spacial score (nSPS) is 17.6. The number of aryl methyl sites for hydroxylation is 1. The SMILES string of the molecule is CCC(C)C(NC(=O)OC)C(=O)NCC(C)CCc1ncc(-c2ccc3c(c2)COc2cc4c(ccc5[nH]c(C6CC(COC)CN6C(=O)C(NC(=O)OC)C(C)C)nc54)cc2-3)[nH]1. The van der Waals surface area contributed by atoms with Gasteiger partial charge < -0.3 is 49.8 Å². The van der Waals surface area contributed by atoms with Crippen LogP contribution in [-0.2, 0) is 36.8 Å². The summed E-state index contributed by atoms with van der Waals surface area (Å²) in [5, 5.41) is 10.3. The van der Waals surface area contributed by atoms with Gasteiger partial charge in [0.15, 0.2) is 0 Å². The molecule has 7 rings (SSSR count). The number of likely N-dealkylation sites (tertiary alicyclic amines) is 1. The Labute approximate surface area is 367 Å². The molecule has 16 nitrogen and oxygen atoms in total. The van der Waals surface area contributed by atoms with Crippen LogP contribution in [0.1, 0.15) is 77.1 Å². The Morgan fingerprint density at radius 1 is 0.937 bits per heavy atom. The van der Waals surface area contributed by atoms with E-state index in [1.165, 1.54) is 14.2 Å². The highest BCUT2D eigenvalue weighted by molar-refractivity contribution is 6.07. The number of aromatic nitrogens is 4. The first-order valence-electron chi connectivity index (χ1n) is 21.8. The van der Waals surface area contributed by atoms with Crippen LogP contribution in [-0.4, -0.2) is 102 Å². The molecule has 2 aliphatic rings. The van der Waals surface area contributed by atoms with Gasteiger partial charge in [-0.2, -0.15) is 0 Å². The number of carbonyl (C=O) groups excluding carboxylic acids is 4. The van der Waals surface area contributed by atoms with Crippen molar-refractivity contribution in [3.8, 4) is 28.1 Å². The zero-order valence-corrected chi connectivity index (χ0v) is 37.4. The summed E-state index contributed by atoms with van der Waals surface area (Å²) in [4.78, 5) is 69.6. The first kappa shape index (κ1) is 44.9. The first-order chi connectivity index (χ1) is 30.3. The highest BCUT2D eigenvalue weighted by Crippen LogP contribution is 2.43. The van der Waals surface area contributed by atoms with Crippen LogP contribution >= 0.6 is 0 Å². The number of H-pyrrole nitrogens is 2. The highest BCUT2D eigenvalue weighted by Gasteiger charge is 2.41. The van der Waals surface area contributed by atoms with Gasteiger partial charge in [0.25, 0.3) is 0 Å². The van der Waals surface area contributed by atoms with Crippen LogP contribution < -0.4 is 20.7 Å². The Balaban J connectivity index is 1.05. The van der Waals surface area contributed by atoms with E-state index in [1.54, 1.807) is 7.11 Å². The third-order valence-corrected chi connectivity index (χ3v) is 12.5. The van der Waals surface area contributed by atoms with Crippen molar-refractivity contribution in [3.05, 3.63) is 65.9 Å². The third kappa shape index (κ3) is 9.75. The number of methoxy groups -OCH3 is 3. The minimum absolute atomic E-state index is 0.0377. The summed E-state index contributed by atoms with van der Waals surface area (Å²) in [6.45, 7) is 11.6. The quantitative estimate of drug-likeness (QED) is 0.0685. The number of rotatable bonds is 16. The van der Waals surface area contributed by atoms with Gasteiger partial charge in [-0.15, -0.1) is 0 Å². The first-order valence-corrected chi connectivity index (χ1v) is 21.8. The second kappa shape index (κ2) is 19.5. The predicted molar refractivity (Wildman–Crippen MR) is 239 cm³/mol. The molecule has 2 aromatic heterocycles. The van der Waals surface area contributed by atoms with Crippen LogP contribution in [0.4, 0.5) is 9.59 Å². The number of hydrogen-bond acceptors (Lipinski definition) is 10. The minimum atomic E-state index is -0.757. The van der Waals surface area contributed by atoms with E-state index in [0.29, 0.717) is 45.0 Å². The lowest BCUT2D eigenvalue weighted by Gasteiger charge is -2.30. The van der Waals surface area contributed by atoms with Gasteiger partial charge in [0.2, 0.25) is 11.8 Å². The number of ether oxygens (including phenoxy) is 4. The second-order valence-corrected chi connectivity index (χ2v) is 17.4. The van der Waals surface area contributed by atoms with Gasteiger partial charge in [0.1, 0.15) is 36.1 Å². The number of hydrogen-bond donors (Lipinski definition) is 5. The molecule has 5 N–H and O–H groups in total. The standard InChI is InChI=1S/C47H60N8O8/c1-9-27(5)41(54-47(59)62-8)44(56)49-20-26(4)10-15-39-48-21-36(50-39)30-11-13-32-31(17-30)24-63-38-19-33-29(18-34(32)38)12-14-35-42(33)52-43(51-35)37-16-28(23-60-6)22-55(37)45(57)40(25(2)3)53-46(58)61-7/h11-14,17-19,21,25-28,37,40-41H,9-10,15-16,20,22-24H2,1-8H3,(H,48,50)(H,49,56)(H,51,52)(H,53,58)(H,54,59). The molecule has 336 valence electrons. The Morgan fingerprint density at radius 2 is 1.70 bits per heavy atom. The summed E-state index contributed by atoms with van der Waals surface area (Å²) in [5.74, 6) is 2.01. The lowest BCUT2D eigenvalue weighted by Crippen LogP contribution is -2.51. The van der Waals surface area contributed by atoms with Crippen LogP contribution in [0.3, 0.4) is 0 Å². The summed E-state index contributed by atoms with van der Waals surface area (Å²) < 4.78 is 21.5. The molecule has 4 heterocycles. The van der Waals surface area contributed by atoms with Gasteiger partial charge in [-0.05, 0) is 76.9 Å². The summed E-state index contributed by atoms with van der Waals surface area (Å²) in [5.41, 5.74) is 6.74. The fourth-order valence-corrected chi connectivity index (χ4v) is 8.69. The number of imidazole rings is 2. The Morgan fingerprint density at radius 3 is 2.41 bits per heavy atom. The number of nitrogens with zero attached hydrogens (tertiary/aromatic N) is 3. The van der Waals surface area contributed by atoms with E-state index in [2.05, 4.69) is 74.2 Å². The number of amides is 4. The number of aromatic amines is 2. The maximum absolute atomic E-state index is 14.0. The van der Waals surface area contributed by atoms with Gasteiger partial charge in [0, 0.05) is 43.5 Å². The minimum Gasteiger partial charge on any atom is -0.488 e. The predicted octanol–water partition coefficient (Wildman–Crippen LogP) is 7.04. The van der Waals surface area contributed by atoms with E-state index in [0.717, 1.165) is 74.2 Å². The number of nitrogens with one attached hydrogen (secondary N) is 5. The van der Waals surface area contributed by atoms with Crippen LogP contribution in [0.25, 0.3) is 44.2 Å². The fraction of sp³-hybridized carbons (Fsp3) is 0.489. The van der Waals surface area contributed by atoms with Gasteiger partial charge in [-0.25, -0.2) is 19.6 Å². The number of alkyl carbamates (subject to hydrolysis) is 2. The molecule has 5 aromatic rings. The average Bonchev–Trinajstić information content (AvgIpc) is 4.06. The molecule has 3 aromatic carbocycles. The molecule has 0 radical (unpaired) electrons. The highest BCUT2D eigenvalue weighted by atomic mass is 16.5. The zero-order chi connectivity index (χ0) is 44.9. The van der Waals surface area contributed by atoms with Crippen molar-refractivity contribution in [3.63, 3.8) is 0 Å². The molecular formula is C47H60N8O8. The molecule has 4 amide bonds. The lowest BCUT2D eigenvalue weighted by molar-refractivity contribution is -0.135. The summed E-state index contributed by atoms with van der Waals surface area (Å²) in [7, 11) is 4.24. The molecular weight excluding hydrogens is 805 g/mol. The van der Waals surface area contributed by atoms with Crippen molar-refractivity contribution in [2.45, 2.75) is 85.0 Å². The summed E-state index contributed by atoms with van der Waals surface area (Å²) in [6.07, 6.45) is 3.51. The Hall–Kier alpha value is -6.16.